The fourth-order valence-corrected chi connectivity index (χ4v) is 4.54. The molecule has 5 rings (SSSR count). The SMILES string of the molecule is CC.NC1CCOCC1.NC=O.Sc1ccc(-c2ccc(CN3CCC4=C(C=CCC4)C3)cc2)cc1. The van der Waals surface area contributed by atoms with Crippen LogP contribution in [-0.4, -0.2) is 43.7 Å². The second kappa shape index (κ2) is 17.1. The summed E-state index contributed by atoms with van der Waals surface area (Å²) in [6.45, 7) is 9.07. The van der Waals surface area contributed by atoms with Gasteiger partial charge in [0.15, 0.2) is 0 Å². The summed E-state index contributed by atoms with van der Waals surface area (Å²) in [6.07, 6.45) is 10.8. The van der Waals surface area contributed by atoms with Crippen LogP contribution >= 0.6 is 12.6 Å². The average Bonchev–Trinajstić information content (AvgIpc) is 2.92. The number of rotatable bonds is 3. The molecular formula is C30H43N3O2S. The predicted octanol–water partition coefficient (Wildman–Crippen LogP) is 5.75. The molecule has 2 aliphatic heterocycles. The van der Waals surface area contributed by atoms with Crippen molar-refractivity contribution in [2.75, 3.05) is 26.3 Å². The molecule has 1 amide bonds. The Hall–Kier alpha value is -2.38. The topological polar surface area (TPSA) is 81.6 Å². The minimum absolute atomic E-state index is 0.250. The molecule has 2 aromatic carbocycles. The number of benzene rings is 2. The van der Waals surface area contributed by atoms with Crippen LogP contribution < -0.4 is 11.5 Å². The fraction of sp³-hybridized carbons (Fsp3) is 0.433. The summed E-state index contributed by atoms with van der Waals surface area (Å²) in [5.41, 5.74) is 16.9. The maximum atomic E-state index is 8.58. The standard InChI is InChI=1S/C22H23NS.C5H11NO.C2H6.CH3NO/c24-22-11-9-20(10-12-22)19-7-5-17(6-8-19)15-23-14-13-18-3-1-2-4-21(18)16-23;6-5-1-3-7-4-2-5;1-2;2-1-3/h2,4-12,24H,1,3,13-16H2;5H,1-4,6H2;1-2H3;1H,(H2,2,3). The summed E-state index contributed by atoms with van der Waals surface area (Å²) >= 11 is 4.35. The maximum absolute atomic E-state index is 8.58. The fourth-order valence-electron chi connectivity index (χ4n) is 4.39. The van der Waals surface area contributed by atoms with Crippen molar-refractivity contribution in [3.05, 3.63) is 77.4 Å². The van der Waals surface area contributed by atoms with E-state index in [2.05, 4.69) is 71.8 Å². The van der Waals surface area contributed by atoms with Crippen LogP contribution in [0.4, 0.5) is 0 Å². The Balaban J connectivity index is 0.000000318. The van der Waals surface area contributed by atoms with Crippen LogP contribution in [0.5, 0.6) is 0 Å². The lowest BCUT2D eigenvalue weighted by atomic mass is 9.91. The van der Waals surface area contributed by atoms with Crippen molar-refractivity contribution in [3.8, 4) is 11.1 Å². The zero-order valence-corrected chi connectivity index (χ0v) is 22.8. The highest BCUT2D eigenvalue weighted by Crippen LogP contribution is 2.28. The van der Waals surface area contributed by atoms with E-state index in [0.717, 1.165) is 44.0 Å². The monoisotopic (exact) mass is 509 g/mol. The number of carbonyl (C=O) groups excluding carboxylic acids is 1. The van der Waals surface area contributed by atoms with Gasteiger partial charge in [0, 0.05) is 43.8 Å². The van der Waals surface area contributed by atoms with Gasteiger partial charge in [-0.25, -0.2) is 0 Å². The summed E-state index contributed by atoms with van der Waals surface area (Å²) < 4.78 is 5.06. The average molecular weight is 510 g/mol. The number of amides is 1. The lowest BCUT2D eigenvalue weighted by molar-refractivity contribution is -0.106. The molecule has 3 aliphatic rings. The van der Waals surface area contributed by atoms with E-state index < -0.39 is 0 Å². The number of ether oxygens (including phenoxy) is 1. The summed E-state index contributed by atoms with van der Waals surface area (Å²) in [7, 11) is 0. The highest BCUT2D eigenvalue weighted by molar-refractivity contribution is 7.80. The first-order valence-corrected chi connectivity index (χ1v) is 13.5. The van der Waals surface area contributed by atoms with Crippen LogP contribution in [0.3, 0.4) is 0 Å². The minimum Gasteiger partial charge on any atom is -0.381 e. The lowest BCUT2D eigenvalue weighted by Crippen LogP contribution is -2.31. The largest absolute Gasteiger partial charge is 0.381 e. The first kappa shape index (κ1) is 29.8. The van der Waals surface area contributed by atoms with E-state index in [-0.39, 0.29) is 6.41 Å². The van der Waals surface area contributed by atoms with Gasteiger partial charge in [-0.15, -0.1) is 12.6 Å². The van der Waals surface area contributed by atoms with Crippen molar-refractivity contribution in [2.24, 2.45) is 11.5 Å². The Morgan fingerprint density at radius 2 is 1.58 bits per heavy atom. The van der Waals surface area contributed by atoms with Crippen LogP contribution in [0.1, 0.15) is 51.5 Å². The molecule has 0 saturated carbocycles. The van der Waals surface area contributed by atoms with Crippen molar-refractivity contribution in [1.29, 1.82) is 0 Å². The molecule has 1 aliphatic carbocycles. The summed E-state index contributed by atoms with van der Waals surface area (Å²) in [6, 6.07) is 17.8. The number of carbonyl (C=O) groups is 1. The molecule has 5 nitrogen and oxygen atoms in total. The smallest absolute Gasteiger partial charge is 0.204 e. The van der Waals surface area contributed by atoms with Gasteiger partial charge in [0.2, 0.25) is 6.41 Å². The summed E-state index contributed by atoms with van der Waals surface area (Å²) in [5, 5.41) is 0. The molecule has 2 aromatic rings. The third kappa shape index (κ3) is 10.3. The Labute approximate surface area is 223 Å². The molecule has 4 N–H and O–H groups in total. The van der Waals surface area contributed by atoms with Crippen molar-refractivity contribution < 1.29 is 9.53 Å². The molecular weight excluding hydrogens is 466 g/mol. The maximum Gasteiger partial charge on any atom is 0.204 e. The van der Waals surface area contributed by atoms with E-state index in [9.17, 15) is 0 Å². The number of thiol groups is 1. The van der Waals surface area contributed by atoms with Crippen molar-refractivity contribution in [3.63, 3.8) is 0 Å². The number of nitrogens with zero attached hydrogens (tertiary/aromatic N) is 1. The molecule has 0 unspecified atom stereocenters. The van der Waals surface area contributed by atoms with Crippen molar-refractivity contribution in [1.82, 2.24) is 4.90 Å². The van der Waals surface area contributed by atoms with Crippen LogP contribution in [0.15, 0.2) is 76.7 Å². The molecule has 1 fully saturated rings. The van der Waals surface area contributed by atoms with E-state index in [1.165, 1.54) is 42.5 Å². The highest BCUT2D eigenvalue weighted by atomic mass is 32.1. The predicted molar refractivity (Wildman–Crippen MR) is 154 cm³/mol. The van der Waals surface area contributed by atoms with Crippen LogP contribution in [0.25, 0.3) is 11.1 Å². The second-order valence-electron chi connectivity index (χ2n) is 8.86. The third-order valence-corrected chi connectivity index (χ3v) is 6.63. The molecule has 0 bridgehead atoms. The van der Waals surface area contributed by atoms with Crippen LogP contribution in [0.2, 0.25) is 0 Å². The van der Waals surface area contributed by atoms with Gasteiger partial charge in [-0.1, -0.05) is 68.0 Å². The number of allylic oxidation sites excluding steroid dienone is 1. The van der Waals surface area contributed by atoms with Crippen LogP contribution in [-0.2, 0) is 16.1 Å². The normalized spacial score (nSPS) is 17.3. The quantitative estimate of drug-likeness (QED) is 0.364. The van der Waals surface area contributed by atoms with Crippen molar-refractivity contribution >= 4 is 19.0 Å². The van der Waals surface area contributed by atoms with Gasteiger partial charge >= 0.3 is 0 Å². The number of primary amides is 1. The minimum atomic E-state index is 0.250. The molecule has 0 radical (unpaired) electrons. The number of hydrogen-bond donors (Lipinski definition) is 3. The zero-order valence-electron chi connectivity index (χ0n) is 21.9. The Kier molecular flexibility index (Phi) is 14.2. The lowest BCUT2D eigenvalue weighted by Gasteiger charge is -2.31. The molecule has 6 heteroatoms. The molecule has 0 spiro atoms. The molecule has 1 saturated heterocycles. The number of nitrogens with two attached hydrogens (primary N) is 2. The Morgan fingerprint density at radius 3 is 2.14 bits per heavy atom. The molecule has 2 heterocycles. The van der Waals surface area contributed by atoms with E-state index in [1.807, 2.05) is 26.0 Å². The van der Waals surface area contributed by atoms with Gasteiger partial charge in [-0.3, -0.25) is 9.69 Å². The Morgan fingerprint density at radius 1 is 1.00 bits per heavy atom. The third-order valence-electron chi connectivity index (χ3n) is 6.34. The molecule has 196 valence electrons. The van der Waals surface area contributed by atoms with Gasteiger partial charge in [-0.05, 0) is 66.5 Å². The van der Waals surface area contributed by atoms with E-state index in [4.69, 9.17) is 15.3 Å². The zero-order chi connectivity index (χ0) is 26.2. The van der Waals surface area contributed by atoms with Gasteiger partial charge < -0.3 is 16.2 Å². The summed E-state index contributed by atoms with van der Waals surface area (Å²) in [5.74, 6) is 0. The Bertz CT molecular complexity index is 949. The molecule has 0 atom stereocenters. The molecule has 0 aromatic heterocycles. The second-order valence-corrected chi connectivity index (χ2v) is 9.38. The van der Waals surface area contributed by atoms with Gasteiger partial charge in [-0.2, -0.15) is 0 Å². The molecule has 36 heavy (non-hydrogen) atoms. The van der Waals surface area contributed by atoms with Gasteiger partial charge in [0.25, 0.3) is 0 Å². The van der Waals surface area contributed by atoms with E-state index >= 15 is 0 Å². The van der Waals surface area contributed by atoms with Crippen LogP contribution in [0, 0.1) is 0 Å². The highest BCUT2D eigenvalue weighted by Gasteiger charge is 2.18. The number of hydrogen-bond acceptors (Lipinski definition) is 5. The summed E-state index contributed by atoms with van der Waals surface area (Å²) in [4.78, 5) is 12.2. The van der Waals surface area contributed by atoms with Gasteiger partial charge in [0.1, 0.15) is 0 Å². The van der Waals surface area contributed by atoms with Gasteiger partial charge in [0.05, 0.1) is 0 Å². The first-order chi connectivity index (χ1) is 17.6. The van der Waals surface area contributed by atoms with E-state index in [0.29, 0.717) is 6.04 Å². The van der Waals surface area contributed by atoms with E-state index in [1.54, 1.807) is 11.1 Å². The van der Waals surface area contributed by atoms with Crippen molar-refractivity contribution in [2.45, 2.75) is 63.4 Å². The first-order valence-electron chi connectivity index (χ1n) is 13.1.